The third kappa shape index (κ3) is 6.06. The highest BCUT2D eigenvalue weighted by Gasteiger charge is 2.10. The Bertz CT molecular complexity index is 259. The summed E-state index contributed by atoms with van der Waals surface area (Å²) >= 11 is 0. The van der Waals surface area contributed by atoms with Crippen molar-refractivity contribution in [2.45, 2.75) is 33.3 Å². The van der Waals surface area contributed by atoms with Crippen LogP contribution in [0.25, 0.3) is 0 Å². The molecule has 0 aromatic rings. The van der Waals surface area contributed by atoms with Gasteiger partial charge in [0.15, 0.2) is 12.7 Å². The molecule has 1 unspecified atom stereocenters. The Kier molecular flexibility index (Phi) is 6.21. The van der Waals surface area contributed by atoms with Gasteiger partial charge in [-0.2, -0.15) is 0 Å². The molecule has 0 heterocycles. The lowest BCUT2D eigenvalue weighted by Crippen LogP contribution is -2.20. The van der Waals surface area contributed by atoms with E-state index in [9.17, 15) is 9.59 Å². The molecule has 0 aromatic heterocycles. The van der Waals surface area contributed by atoms with Gasteiger partial charge in [-0.1, -0.05) is 12.8 Å². The molecule has 0 rings (SSSR count). The van der Waals surface area contributed by atoms with Crippen LogP contribution in [0.1, 0.15) is 27.2 Å². The highest BCUT2D eigenvalue weighted by atomic mass is 16.6. The van der Waals surface area contributed by atoms with E-state index in [0.717, 1.165) is 0 Å². The van der Waals surface area contributed by atoms with Crippen molar-refractivity contribution in [3.05, 3.63) is 0 Å². The first-order valence-electron chi connectivity index (χ1n) is 4.35. The Labute approximate surface area is 83.6 Å². The predicted octanol–water partition coefficient (Wildman–Crippen LogP) is 0.895. The zero-order valence-corrected chi connectivity index (χ0v) is 8.62. The summed E-state index contributed by atoms with van der Waals surface area (Å²) in [5, 5.41) is 0. The molecule has 78 valence electrons. The van der Waals surface area contributed by atoms with E-state index in [1.54, 1.807) is 6.92 Å². The second-order valence-electron chi connectivity index (χ2n) is 2.56. The topological polar surface area (TPSA) is 52.6 Å². The highest BCUT2D eigenvalue weighted by molar-refractivity contribution is 5.75. The van der Waals surface area contributed by atoms with Gasteiger partial charge in [-0.25, -0.2) is 4.79 Å². The molecule has 0 saturated carbocycles. The van der Waals surface area contributed by atoms with Crippen LogP contribution in [-0.4, -0.2) is 24.6 Å². The van der Waals surface area contributed by atoms with E-state index >= 15 is 0 Å². The minimum atomic E-state index is -0.574. The van der Waals surface area contributed by atoms with Crippen molar-refractivity contribution < 1.29 is 19.1 Å². The Morgan fingerprint density at radius 1 is 1.43 bits per heavy atom. The molecule has 4 nitrogen and oxygen atoms in total. The van der Waals surface area contributed by atoms with Crippen LogP contribution < -0.4 is 0 Å². The molecule has 14 heavy (non-hydrogen) atoms. The third-order valence-electron chi connectivity index (χ3n) is 1.34. The van der Waals surface area contributed by atoms with Crippen molar-refractivity contribution in [3.8, 4) is 11.8 Å². The second kappa shape index (κ2) is 6.96. The maximum absolute atomic E-state index is 11.0. The molecule has 0 aromatic carbocycles. The van der Waals surface area contributed by atoms with Crippen molar-refractivity contribution >= 4 is 11.9 Å². The van der Waals surface area contributed by atoms with E-state index in [4.69, 9.17) is 4.74 Å². The lowest BCUT2D eigenvalue weighted by atomic mass is 10.3. The van der Waals surface area contributed by atoms with Crippen LogP contribution in [0.3, 0.4) is 0 Å². The maximum atomic E-state index is 11.0. The molecule has 0 aliphatic rings. The lowest BCUT2D eigenvalue weighted by molar-refractivity contribution is -0.159. The second-order valence-corrected chi connectivity index (χ2v) is 2.56. The summed E-state index contributed by atoms with van der Waals surface area (Å²) < 4.78 is 9.37. The van der Waals surface area contributed by atoms with Gasteiger partial charge in [0.1, 0.15) is 0 Å². The van der Waals surface area contributed by atoms with Crippen LogP contribution in [0.5, 0.6) is 0 Å². The SMILES string of the molecule is CC#CC(CC)OC(=O)COC(C)=O. The van der Waals surface area contributed by atoms with Gasteiger partial charge >= 0.3 is 11.9 Å². The zero-order chi connectivity index (χ0) is 11.0. The summed E-state index contributed by atoms with van der Waals surface area (Å²) in [6, 6.07) is 0. The third-order valence-corrected chi connectivity index (χ3v) is 1.34. The Balaban J connectivity index is 3.89. The minimum Gasteiger partial charge on any atom is -0.454 e. The number of carbonyl (C=O) groups excluding carboxylic acids is 2. The number of esters is 2. The van der Waals surface area contributed by atoms with Crippen LogP contribution in [0, 0.1) is 11.8 Å². The molecule has 0 N–H and O–H groups in total. The summed E-state index contributed by atoms with van der Waals surface area (Å²) in [5.41, 5.74) is 0. The molecule has 0 amide bonds. The zero-order valence-electron chi connectivity index (χ0n) is 8.62. The Morgan fingerprint density at radius 2 is 2.07 bits per heavy atom. The molecule has 0 radical (unpaired) electrons. The van der Waals surface area contributed by atoms with Crippen LogP contribution in [-0.2, 0) is 19.1 Å². The molecule has 4 heteroatoms. The molecule has 0 saturated heterocycles. The first-order chi connectivity index (χ1) is 6.60. The average molecular weight is 198 g/mol. The normalized spacial score (nSPS) is 10.8. The number of hydrogen-bond acceptors (Lipinski definition) is 4. The Morgan fingerprint density at radius 3 is 2.50 bits per heavy atom. The van der Waals surface area contributed by atoms with Crippen LogP contribution in [0.2, 0.25) is 0 Å². The van der Waals surface area contributed by atoms with Gasteiger partial charge in [-0.05, 0) is 13.3 Å². The van der Waals surface area contributed by atoms with Crippen molar-refractivity contribution in [3.63, 3.8) is 0 Å². The summed E-state index contributed by atoms with van der Waals surface area (Å²) in [6.45, 7) is 4.41. The molecule has 0 spiro atoms. The van der Waals surface area contributed by atoms with Gasteiger partial charge in [-0.15, -0.1) is 5.92 Å². The quantitative estimate of drug-likeness (QED) is 0.497. The minimum absolute atomic E-state index is 0.350. The molecule has 0 fully saturated rings. The van der Waals surface area contributed by atoms with E-state index in [0.29, 0.717) is 6.42 Å². The number of carbonyl (C=O) groups is 2. The molecule has 1 atom stereocenters. The fourth-order valence-corrected chi connectivity index (χ4v) is 0.729. The first kappa shape index (κ1) is 12.5. The largest absolute Gasteiger partial charge is 0.454 e. The number of rotatable bonds is 4. The fraction of sp³-hybridized carbons (Fsp3) is 0.600. The van der Waals surface area contributed by atoms with Gasteiger partial charge < -0.3 is 9.47 Å². The highest BCUT2D eigenvalue weighted by Crippen LogP contribution is 1.97. The average Bonchev–Trinajstić information content (AvgIpc) is 2.14. The number of ether oxygens (including phenoxy) is 2. The molecule has 0 bridgehead atoms. The molecule has 0 aliphatic heterocycles. The summed E-state index contributed by atoms with van der Waals surface area (Å²) in [7, 11) is 0. The monoisotopic (exact) mass is 198 g/mol. The smallest absolute Gasteiger partial charge is 0.345 e. The maximum Gasteiger partial charge on any atom is 0.345 e. The predicted molar refractivity (Wildman–Crippen MR) is 50.3 cm³/mol. The van der Waals surface area contributed by atoms with Crippen LogP contribution in [0.15, 0.2) is 0 Å². The summed E-state index contributed by atoms with van der Waals surface area (Å²) in [6.07, 6.45) is 0.204. The fourth-order valence-electron chi connectivity index (χ4n) is 0.729. The van der Waals surface area contributed by atoms with Crippen molar-refractivity contribution in [2.24, 2.45) is 0 Å². The van der Waals surface area contributed by atoms with E-state index in [1.165, 1.54) is 6.92 Å². The van der Waals surface area contributed by atoms with Gasteiger partial charge in [0.2, 0.25) is 0 Å². The number of hydrogen-bond donors (Lipinski definition) is 0. The molecular weight excluding hydrogens is 184 g/mol. The molecular formula is C10H14O4. The van der Waals surface area contributed by atoms with Crippen LogP contribution in [0.4, 0.5) is 0 Å². The lowest BCUT2D eigenvalue weighted by Gasteiger charge is -2.09. The van der Waals surface area contributed by atoms with E-state index < -0.39 is 18.0 Å². The Hall–Kier alpha value is -1.50. The van der Waals surface area contributed by atoms with Crippen molar-refractivity contribution in [1.29, 1.82) is 0 Å². The van der Waals surface area contributed by atoms with E-state index in [-0.39, 0.29) is 6.61 Å². The van der Waals surface area contributed by atoms with Gasteiger partial charge in [0.05, 0.1) is 0 Å². The van der Waals surface area contributed by atoms with Gasteiger partial charge in [-0.3, -0.25) is 4.79 Å². The standard InChI is InChI=1S/C10H14O4/c1-4-6-9(5-2)14-10(12)7-13-8(3)11/h9H,5,7H2,1-3H3. The van der Waals surface area contributed by atoms with Crippen molar-refractivity contribution in [1.82, 2.24) is 0 Å². The van der Waals surface area contributed by atoms with E-state index in [1.807, 2.05) is 6.92 Å². The summed E-state index contributed by atoms with van der Waals surface area (Å²) in [4.78, 5) is 21.4. The van der Waals surface area contributed by atoms with E-state index in [2.05, 4.69) is 16.6 Å². The van der Waals surface area contributed by atoms with Gasteiger partial charge in [0.25, 0.3) is 0 Å². The first-order valence-corrected chi connectivity index (χ1v) is 4.35. The molecule has 0 aliphatic carbocycles. The van der Waals surface area contributed by atoms with Gasteiger partial charge in [0, 0.05) is 6.92 Å². The summed E-state index contributed by atoms with van der Waals surface area (Å²) in [5.74, 6) is 4.29. The van der Waals surface area contributed by atoms with Crippen LogP contribution >= 0.6 is 0 Å². The van der Waals surface area contributed by atoms with Crippen molar-refractivity contribution in [2.75, 3.05) is 6.61 Å².